The standard InChI is InChI=1S/C14H21BrN2O/c1-2-18-13-4-3-7-17(10-13)12-6-5-11(9-16)14(15)8-12/h5-6,8,13H,2-4,7,9-10,16H2,1H3. The van der Waals surface area contributed by atoms with E-state index in [4.69, 9.17) is 10.5 Å². The van der Waals surface area contributed by atoms with Gasteiger partial charge in [0.1, 0.15) is 0 Å². The maximum Gasteiger partial charge on any atom is 0.0750 e. The van der Waals surface area contributed by atoms with E-state index in [0.29, 0.717) is 12.6 Å². The summed E-state index contributed by atoms with van der Waals surface area (Å²) in [6.07, 6.45) is 2.74. The van der Waals surface area contributed by atoms with Crippen LogP contribution in [0, 0.1) is 0 Å². The van der Waals surface area contributed by atoms with E-state index in [1.807, 2.05) is 0 Å². The predicted molar refractivity (Wildman–Crippen MR) is 78.9 cm³/mol. The van der Waals surface area contributed by atoms with Gasteiger partial charge in [0, 0.05) is 36.4 Å². The molecule has 0 amide bonds. The second kappa shape index (κ2) is 6.55. The number of ether oxygens (including phenoxy) is 1. The molecule has 18 heavy (non-hydrogen) atoms. The van der Waals surface area contributed by atoms with Gasteiger partial charge in [0.2, 0.25) is 0 Å². The Hall–Kier alpha value is -0.580. The van der Waals surface area contributed by atoms with E-state index in [1.165, 1.54) is 18.5 Å². The van der Waals surface area contributed by atoms with Crippen LogP contribution in [0.1, 0.15) is 25.3 Å². The number of nitrogens with zero attached hydrogens (tertiary/aromatic N) is 1. The molecule has 0 aromatic heterocycles. The number of hydrogen-bond acceptors (Lipinski definition) is 3. The van der Waals surface area contributed by atoms with Gasteiger partial charge in [-0.2, -0.15) is 0 Å². The lowest BCUT2D eigenvalue weighted by molar-refractivity contribution is 0.0527. The van der Waals surface area contributed by atoms with E-state index < -0.39 is 0 Å². The third-order valence-corrected chi connectivity index (χ3v) is 4.14. The fourth-order valence-electron chi connectivity index (χ4n) is 2.44. The number of halogens is 1. The van der Waals surface area contributed by atoms with Crippen molar-refractivity contribution in [2.75, 3.05) is 24.6 Å². The first-order valence-corrected chi connectivity index (χ1v) is 7.39. The van der Waals surface area contributed by atoms with Crippen molar-refractivity contribution in [3.63, 3.8) is 0 Å². The molecule has 1 unspecified atom stereocenters. The van der Waals surface area contributed by atoms with Crippen molar-refractivity contribution in [1.29, 1.82) is 0 Å². The highest BCUT2D eigenvalue weighted by atomic mass is 79.9. The summed E-state index contributed by atoms with van der Waals surface area (Å²) >= 11 is 3.58. The maximum atomic E-state index is 5.74. The molecule has 1 aliphatic rings. The van der Waals surface area contributed by atoms with Gasteiger partial charge in [-0.1, -0.05) is 22.0 Å². The van der Waals surface area contributed by atoms with Gasteiger partial charge >= 0.3 is 0 Å². The minimum Gasteiger partial charge on any atom is -0.377 e. The third-order valence-electron chi connectivity index (χ3n) is 3.40. The first-order chi connectivity index (χ1) is 8.74. The fraction of sp³-hybridized carbons (Fsp3) is 0.571. The Morgan fingerprint density at radius 2 is 2.33 bits per heavy atom. The first-order valence-electron chi connectivity index (χ1n) is 6.59. The van der Waals surface area contributed by atoms with Gasteiger partial charge in [-0.25, -0.2) is 0 Å². The SMILES string of the molecule is CCOC1CCCN(c2ccc(CN)c(Br)c2)C1. The highest BCUT2D eigenvalue weighted by Gasteiger charge is 2.20. The second-order valence-electron chi connectivity index (χ2n) is 4.65. The van der Waals surface area contributed by atoms with Crippen LogP contribution in [0.15, 0.2) is 22.7 Å². The third kappa shape index (κ3) is 3.25. The lowest BCUT2D eigenvalue weighted by Crippen LogP contribution is -2.39. The molecular weight excluding hydrogens is 292 g/mol. The monoisotopic (exact) mass is 312 g/mol. The largest absolute Gasteiger partial charge is 0.377 e. The van der Waals surface area contributed by atoms with Crippen LogP contribution in [0.5, 0.6) is 0 Å². The van der Waals surface area contributed by atoms with Crippen LogP contribution in [-0.4, -0.2) is 25.8 Å². The molecule has 0 saturated carbocycles. The van der Waals surface area contributed by atoms with Crippen LogP contribution >= 0.6 is 15.9 Å². The second-order valence-corrected chi connectivity index (χ2v) is 5.50. The summed E-state index contributed by atoms with van der Waals surface area (Å²) in [4.78, 5) is 2.40. The highest BCUT2D eigenvalue weighted by molar-refractivity contribution is 9.10. The van der Waals surface area contributed by atoms with Crippen LogP contribution in [-0.2, 0) is 11.3 Å². The van der Waals surface area contributed by atoms with Gasteiger partial charge in [-0.15, -0.1) is 0 Å². The van der Waals surface area contributed by atoms with Crippen molar-refractivity contribution in [2.45, 2.75) is 32.4 Å². The molecular formula is C14H21BrN2O. The molecule has 0 aliphatic carbocycles. The van der Waals surface area contributed by atoms with Crippen molar-refractivity contribution < 1.29 is 4.74 Å². The molecule has 1 fully saturated rings. The van der Waals surface area contributed by atoms with Crippen molar-refractivity contribution in [1.82, 2.24) is 0 Å². The molecule has 1 aliphatic heterocycles. The van der Waals surface area contributed by atoms with E-state index in [-0.39, 0.29) is 0 Å². The number of hydrogen-bond donors (Lipinski definition) is 1. The number of rotatable bonds is 4. The van der Waals surface area contributed by atoms with E-state index in [2.05, 4.69) is 46.0 Å². The molecule has 2 rings (SSSR count). The minimum absolute atomic E-state index is 0.372. The van der Waals surface area contributed by atoms with E-state index in [9.17, 15) is 0 Å². The highest BCUT2D eigenvalue weighted by Crippen LogP contribution is 2.26. The van der Waals surface area contributed by atoms with E-state index >= 15 is 0 Å². The molecule has 0 spiro atoms. The normalized spacial score (nSPS) is 20.2. The maximum absolute atomic E-state index is 5.74. The number of piperidine rings is 1. The first kappa shape index (κ1) is 13.8. The Kier molecular flexibility index (Phi) is 5.03. The Labute approximate surface area is 117 Å². The van der Waals surface area contributed by atoms with Crippen LogP contribution in [0.3, 0.4) is 0 Å². The number of nitrogens with two attached hydrogens (primary N) is 1. The van der Waals surface area contributed by atoms with Crippen LogP contribution in [0.2, 0.25) is 0 Å². The molecule has 0 bridgehead atoms. The van der Waals surface area contributed by atoms with Gasteiger partial charge in [0.15, 0.2) is 0 Å². The molecule has 1 aromatic rings. The van der Waals surface area contributed by atoms with Crippen molar-refractivity contribution in [3.8, 4) is 0 Å². The molecule has 1 heterocycles. The summed E-state index contributed by atoms with van der Waals surface area (Å²) in [5.74, 6) is 0. The smallest absolute Gasteiger partial charge is 0.0750 e. The van der Waals surface area contributed by atoms with Gasteiger partial charge in [-0.05, 0) is 37.5 Å². The Bertz CT molecular complexity index is 395. The van der Waals surface area contributed by atoms with Crippen LogP contribution in [0.25, 0.3) is 0 Å². The van der Waals surface area contributed by atoms with Crippen molar-refractivity contribution >= 4 is 21.6 Å². The minimum atomic E-state index is 0.372. The van der Waals surface area contributed by atoms with Crippen molar-refractivity contribution in [2.24, 2.45) is 5.73 Å². The van der Waals surface area contributed by atoms with Gasteiger partial charge in [-0.3, -0.25) is 0 Å². The molecule has 2 N–H and O–H groups in total. The summed E-state index contributed by atoms with van der Waals surface area (Å²) in [6, 6.07) is 6.42. The zero-order valence-electron chi connectivity index (χ0n) is 10.9. The lowest BCUT2D eigenvalue weighted by atomic mass is 10.1. The fourth-order valence-corrected chi connectivity index (χ4v) is 2.97. The molecule has 1 atom stereocenters. The summed E-state index contributed by atoms with van der Waals surface area (Å²) in [5.41, 5.74) is 8.08. The zero-order valence-corrected chi connectivity index (χ0v) is 12.4. The van der Waals surface area contributed by atoms with Crippen LogP contribution in [0.4, 0.5) is 5.69 Å². The molecule has 1 aromatic carbocycles. The quantitative estimate of drug-likeness (QED) is 0.929. The molecule has 3 nitrogen and oxygen atoms in total. The average molecular weight is 313 g/mol. The molecule has 0 radical (unpaired) electrons. The Morgan fingerprint density at radius 3 is 3.00 bits per heavy atom. The van der Waals surface area contributed by atoms with E-state index in [0.717, 1.165) is 29.7 Å². The zero-order chi connectivity index (χ0) is 13.0. The van der Waals surface area contributed by atoms with Crippen molar-refractivity contribution in [3.05, 3.63) is 28.2 Å². The summed E-state index contributed by atoms with van der Waals surface area (Å²) in [6.45, 7) is 5.53. The van der Waals surface area contributed by atoms with Gasteiger partial charge in [0.05, 0.1) is 6.10 Å². The molecule has 100 valence electrons. The van der Waals surface area contributed by atoms with Gasteiger partial charge in [0.25, 0.3) is 0 Å². The summed E-state index contributed by atoms with van der Waals surface area (Å²) < 4.78 is 6.83. The number of anilines is 1. The number of benzene rings is 1. The lowest BCUT2D eigenvalue weighted by Gasteiger charge is -2.34. The van der Waals surface area contributed by atoms with Crippen LogP contribution < -0.4 is 10.6 Å². The van der Waals surface area contributed by atoms with Gasteiger partial charge < -0.3 is 15.4 Å². The Morgan fingerprint density at radius 1 is 1.50 bits per heavy atom. The van der Waals surface area contributed by atoms with E-state index in [1.54, 1.807) is 0 Å². The molecule has 4 heteroatoms. The topological polar surface area (TPSA) is 38.5 Å². The summed E-state index contributed by atoms with van der Waals surface area (Å²) in [7, 11) is 0. The predicted octanol–water partition coefficient (Wildman–Crippen LogP) is 2.91. The molecule has 1 saturated heterocycles. The average Bonchev–Trinajstić information content (AvgIpc) is 2.39. The Balaban J connectivity index is 2.08. The summed E-state index contributed by atoms with van der Waals surface area (Å²) in [5, 5.41) is 0.